The van der Waals surface area contributed by atoms with Crippen LogP contribution in [-0.4, -0.2) is 55.2 Å². The Morgan fingerprint density at radius 2 is 2.06 bits per heavy atom. The van der Waals surface area contributed by atoms with Gasteiger partial charge in [0.2, 0.25) is 17.7 Å². The van der Waals surface area contributed by atoms with E-state index in [-0.39, 0.29) is 34.4 Å². The highest BCUT2D eigenvalue weighted by atomic mass is 19.3. The zero-order chi connectivity index (χ0) is 25.8. The van der Waals surface area contributed by atoms with Crippen molar-refractivity contribution >= 4 is 28.4 Å². The number of fused-ring (bicyclic) bond motifs is 2. The molecule has 1 amide bonds. The average molecular weight is 502 g/mol. The summed E-state index contributed by atoms with van der Waals surface area (Å²) in [6.45, 7) is 4.47. The number of alkyl halides is 2. The molecule has 1 aliphatic rings. The van der Waals surface area contributed by atoms with Gasteiger partial charge in [-0.15, -0.1) is 5.10 Å². The van der Waals surface area contributed by atoms with Crippen LogP contribution in [0.5, 0.6) is 5.88 Å². The molecular formula is C24H26F3N7O2. The Morgan fingerprint density at radius 3 is 2.72 bits per heavy atom. The van der Waals surface area contributed by atoms with Crippen molar-refractivity contribution < 1.29 is 22.7 Å². The van der Waals surface area contributed by atoms with Crippen molar-refractivity contribution in [2.75, 3.05) is 12.4 Å². The number of carbonyl (C=O) groups excluding carboxylic acids is 1. The largest absolute Gasteiger partial charge is 0.479 e. The summed E-state index contributed by atoms with van der Waals surface area (Å²) >= 11 is 0. The highest BCUT2D eigenvalue weighted by Crippen LogP contribution is 2.36. The summed E-state index contributed by atoms with van der Waals surface area (Å²) in [6.07, 6.45) is 0.539. The fourth-order valence-electron chi connectivity index (χ4n) is 5.09. The van der Waals surface area contributed by atoms with Gasteiger partial charge in [-0.25, -0.2) is 22.7 Å². The van der Waals surface area contributed by atoms with Crippen LogP contribution in [0.15, 0.2) is 24.4 Å². The Balaban J connectivity index is 1.50. The van der Waals surface area contributed by atoms with Gasteiger partial charge in [0.1, 0.15) is 16.9 Å². The molecule has 5 rings (SSSR count). The minimum atomic E-state index is -2.60. The molecule has 4 aromatic rings. The van der Waals surface area contributed by atoms with Crippen molar-refractivity contribution in [2.45, 2.75) is 58.2 Å². The number of benzene rings is 1. The predicted molar refractivity (Wildman–Crippen MR) is 128 cm³/mol. The van der Waals surface area contributed by atoms with Gasteiger partial charge in [-0.1, -0.05) is 0 Å². The number of methoxy groups -OCH3 is 1. The lowest BCUT2D eigenvalue weighted by molar-refractivity contribution is -0.121. The summed E-state index contributed by atoms with van der Waals surface area (Å²) in [5, 5.41) is 10.7. The minimum absolute atomic E-state index is 0.0434. The lowest BCUT2D eigenvalue weighted by Crippen LogP contribution is -2.59. The Hall–Kier alpha value is -3.83. The maximum absolute atomic E-state index is 15.0. The van der Waals surface area contributed by atoms with E-state index in [1.165, 1.54) is 24.7 Å². The van der Waals surface area contributed by atoms with Gasteiger partial charge in [0.25, 0.3) is 6.43 Å². The van der Waals surface area contributed by atoms with Crippen LogP contribution in [0.3, 0.4) is 0 Å². The summed E-state index contributed by atoms with van der Waals surface area (Å²) in [5.74, 6) is 0.253. The molecule has 0 saturated heterocycles. The highest BCUT2D eigenvalue weighted by molar-refractivity contribution is 5.90. The lowest BCUT2D eigenvalue weighted by atomic mass is 9.74. The molecule has 190 valence electrons. The number of aromatic nitrogens is 5. The quantitative estimate of drug-likeness (QED) is 0.398. The second-order valence-corrected chi connectivity index (χ2v) is 9.45. The lowest BCUT2D eigenvalue weighted by Gasteiger charge is -2.45. The SMILES string of the molecule is COc1nc(NC2CC(C)(NC(C)=O)C2)nn2ccc(-c3cc(F)c4nc(C)n(CC(F)F)c4c3)c12. The Bertz CT molecular complexity index is 1470. The van der Waals surface area contributed by atoms with E-state index in [4.69, 9.17) is 4.74 Å². The zero-order valence-corrected chi connectivity index (χ0v) is 20.3. The topological polar surface area (TPSA) is 98.4 Å². The summed E-state index contributed by atoms with van der Waals surface area (Å²) in [5.41, 5.74) is 1.62. The van der Waals surface area contributed by atoms with E-state index in [9.17, 15) is 18.0 Å². The third-order valence-electron chi connectivity index (χ3n) is 6.51. The molecule has 0 unspecified atom stereocenters. The van der Waals surface area contributed by atoms with E-state index in [0.717, 1.165) is 12.8 Å². The maximum atomic E-state index is 15.0. The molecular weight excluding hydrogens is 475 g/mol. The number of carbonyl (C=O) groups is 1. The van der Waals surface area contributed by atoms with Crippen LogP contribution in [0.1, 0.15) is 32.5 Å². The van der Waals surface area contributed by atoms with E-state index in [0.29, 0.717) is 28.4 Å². The van der Waals surface area contributed by atoms with E-state index in [1.807, 2.05) is 6.92 Å². The number of hydrogen-bond donors (Lipinski definition) is 2. The fourth-order valence-corrected chi connectivity index (χ4v) is 5.09. The number of nitrogens with zero attached hydrogens (tertiary/aromatic N) is 5. The number of nitrogens with one attached hydrogen (secondary N) is 2. The Morgan fingerprint density at radius 1 is 1.31 bits per heavy atom. The van der Waals surface area contributed by atoms with Crippen LogP contribution in [0.4, 0.5) is 19.1 Å². The number of halogens is 3. The Labute approximate surface area is 204 Å². The molecule has 1 aromatic carbocycles. The van der Waals surface area contributed by atoms with E-state index < -0.39 is 18.8 Å². The van der Waals surface area contributed by atoms with Crippen LogP contribution in [0, 0.1) is 12.7 Å². The molecule has 36 heavy (non-hydrogen) atoms. The zero-order valence-electron chi connectivity index (χ0n) is 20.3. The molecule has 0 radical (unpaired) electrons. The van der Waals surface area contributed by atoms with Crippen molar-refractivity contribution in [1.29, 1.82) is 0 Å². The second-order valence-electron chi connectivity index (χ2n) is 9.45. The number of ether oxygens (including phenoxy) is 1. The van der Waals surface area contributed by atoms with Gasteiger partial charge in [-0.05, 0) is 50.5 Å². The molecule has 3 heterocycles. The predicted octanol–water partition coefficient (Wildman–Crippen LogP) is 3.94. The highest BCUT2D eigenvalue weighted by Gasteiger charge is 2.41. The number of hydrogen-bond acceptors (Lipinski definition) is 6. The summed E-state index contributed by atoms with van der Waals surface area (Å²) < 4.78 is 49.7. The molecule has 0 bridgehead atoms. The fraction of sp³-hybridized carbons (Fsp3) is 0.417. The number of anilines is 1. The first-order valence-electron chi connectivity index (χ1n) is 11.5. The molecule has 0 aliphatic heterocycles. The van der Waals surface area contributed by atoms with Crippen molar-refractivity contribution in [3.8, 4) is 17.0 Å². The molecule has 1 saturated carbocycles. The molecule has 2 N–H and O–H groups in total. The van der Waals surface area contributed by atoms with E-state index >= 15 is 0 Å². The summed E-state index contributed by atoms with van der Waals surface area (Å²) in [4.78, 5) is 20.0. The van der Waals surface area contributed by atoms with Gasteiger partial charge < -0.3 is 19.9 Å². The van der Waals surface area contributed by atoms with Crippen LogP contribution in [0.2, 0.25) is 0 Å². The van der Waals surface area contributed by atoms with E-state index in [1.54, 1.807) is 29.8 Å². The first kappa shape index (κ1) is 23.9. The van der Waals surface area contributed by atoms with Crippen molar-refractivity contribution in [1.82, 2.24) is 29.5 Å². The van der Waals surface area contributed by atoms with Crippen LogP contribution >= 0.6 is 0 Å². The van der Waals surface area contributed by atoms with Gasteiger partial charge in [-0.2, -0.15) is 4.98 Å². The van der Waals surface area contributed by atoms with Crippen molar-refractivity contribution in [2.24, 2.45) is 0 Å². The molecule has 12 heteroatoms. The monoisotopic (exact) mass is 501 g/mol. The number of amides is 1. The number of imidazole rings is 1. The normalized spacial score (nSPS) is 19.6. The smallest absolute Gasteiger partial charge is 0.256 e. The van der Waals surface area contributed by atoms with Gasteiger partial charge in [-0.3, -0.25) is 4.79 Å². The van der Waals surface area contributed by atoms with Crippen LogP contribution in [0.25, 0.3) is 27.7 Å². The van der Waals surface area contributed by atoms with Crippen LogP contribution < -0.4 is 15.4 Å². The molecule has 0 spiro atoms. The van der Waals surface area contributed by atoms with Crippen molar-refractivity contribution in [3.05, 3.63) is 36.0 Å². The number of aryl methyl sites for hydroxylation is 1. The first-order valence-corrected chi connectivity index (χ1v) is 11.5. The minimum Gasteiger partial charge on any atom is -0.479 e. The van der Waals surface area contributed by atoms with Gasteiger partial charge in [0.15, 0.2) is 5.82 Å². The molecule has 1 fully saturated rings. The first-order chi connectivity index (χ1) is 17.1. The van der Waals surface area contributed by atoms with Crippen molar-refractivity contribution in [3.63, 3.8) is 0 Å². The third kappa shape index (κ3) is 4.20. The third-order valence-corrected chi connectivity index (χ3v) is 6.51. The standard InChI is InChI=1S/C24H26F3N7O2/c1-12-28-20-17(25)7-14(8-18(20)33(12)11-19(26)27)16-5-6-34-21(16)22(36-4)30-23(32-34)29-15-9-24(3,10-15)31-13(2)35/h5-8,15,19H,9-11H2,1-4H3,(H,29,32)(H,31,35). The Kier molecular flexibility index (Phi) is 5.76. The molecule has 0 atom stereocenters. The average Bonchev–Trinajstić information content (AvgIpc) is 3.33. The van der Waals surface area contributed by atoms with Gasteiger partial charge >= 0.3 is 0 Å². The maximum Gasteiger partial charge on any atom is 0.256 e. The van der Waals surface area contributed by atoms with Gasteiger partial charge in [0, 0.05) is 30.3 Å². The molecule has 9 nitrogen and oxygen atoms in total. The summed E-state index contributed by atoms with van der Waals surface area (Å²) in [6, 6.07) is 4.78. The van der Waals surface area contributed by atoms with Gasteiger partial charge in [0.05, 0.1) is 19.2 Å². The second kappa shape index (κ2) is 8.68. The summed E-state index contributed by atoms with van der Waals surface area (Å²) in [7, 11) is 1.48. The molecule has 3 aromatic heterocycles. The molecule has 1 aliphatic carbocycles. The number of rotatable bonds is 7. The van der Waals surface area contributed by atoms with E-state index in [2.05, 4.69) is 25.7 Å². The van der Waals surface area contributed by atoms with Crippen LogP contribution in [-0.2, 0) is 11.3 Å².